The fraction of sp³-hybridized carbons (Fsp3) is 1.00. The fourth-order valence-electron chi connectivity index (χ4n) is 1.57. The summed E-state index contributed by atoms with van der Waals surface area (Å²) in [4.78, 5) is 0. The summed E-state index contributed by atoms with van der Waals surface area (Å²) in [6.07, 6.45) is 4.55. The molecule has 0 aliphatic heterocycles. The van der Waals surface area contributed by atoms with Gasteiger partial charge < -0.3 is 5.32 Å². The molecule has 0 bridgehead atoms. The molecule has 1 N–H and O–H groups in total. The zero-order valence-electron chi connectivity index (χ0n) is 8.41. The maximum Gasteiger partial charge on any atom is 0.147 e. The van der Waals surface area contributed by atoms with Crippen molar-refractivity contribution in [2.75, 3.05) is 18.6 Å². The van der Waals surface area contributed by atoms with E-state index in [1.807, 2.05) is 0 Å². The van der Waals surface area contributed by atoms with Crippen LogP contribution in [0.5, 0.6) is 0 Å². The van der Waals surface area contributed by atoms with E-state index in [0.717, 1.165) is 18.9 Å². The molecule has 1 aliphatic carbocycles. The van der Waals surface area contributed by atoms with E-state index in [2.05, 4.69) is 12.2 Å². The Morgan fingerprint density at radius 2 is 2.15 bits per heavy atom. The molecule has 0 heterocycles. The van der Waals surface area contributed by atoms with Crippen molar-refractivity contribution in [3.63, 3.8) is 0 Å². The number of nitrogens with one attached hydrogen (secondary N) is 1. The predicted octanol–water partition coefficient (Wildman–Crippen LogP) is 0.809. The van der Waals surface area contributed by atoms with Crippen LogP contribution in [0.1, 0.15) is 26.2 Å². The Kier molecular flexibility index (Phi) is 3.74. The van der Waals surface area contributed by atoms with Crippen molar-refractivity contribution in [3.8, 4) is 0 Å². The molecule has 0 amide bonds. The van der Waals surface area contributed by atoms with Crippen molar-refractivity contribution in [1.82, 2.24) is 5.32 Å². The Bertz CT molecular complexity index is 248. The minimum absolute atomic E-state index is 0.309. The minimum Gasteiger partial charge on any atom is -0.314 e. The Hall–Kier alpha value is -0.0900. The van der Waals surface area contributed by atoms with Gasteiger partial charge in [-0.1, -0.05) is 13.3 Å². The average Bonchev–Trinajstić information content (AvgIpc) is 2.75. The normalized spacial score (nSPS) is 27.5. The molecular weight excluding hydrogens is 186 g/mol. The SMILES string of the molecule is CCC1CC1NCCCS(C)(=O)=O. The third-order valence-electron chi connectivity index (χ3n) is 2.55. The molecule has 1 saturated carbocycles. The number of hydrogen-bond donors (Lipinski definition) is 1. The highest BCUT2D eigenvalue weighted by molar-refractivity contribution is 7.90. The molecule has 13 heavy (non-hydrogen) atoms. The van der Waals surface area contributed by atoms with E-state index in [1.54, 1.807) is 0 Å². The van der Waals surface area contributed by atoms with Crippen LogP contribution in [0.25, 0.3) is 0 Å². The van der Waals surface area contributed by atoms with E-state index in [9.17, 15) is 8.42 Å². The maximum absolute atomic E-state index is 10.8. The van der Waals surface area contributed by atoms with Crippen molar-refractivity contribution >= 4 is 9.84 Å². The lowest BCUT2D eigenvalue weighted by Gasteiger charge is -2.02. The first-order valence-electron chi connectivity index (χ1n) is 4.94. The summed E-state index contributed by atoms with van der Waals surface area (Å²) < 4.78 is 21.6. The largest absolute Gasteiger partial charge is 0.314 e. The fourth-order valence-corrected chi connectivity index (χ4v) is 2.24. The highest BCUT2D eigenvalue weighted by atomic mass is 32.2. The summed E-state index contributed by atoms with van der Waals surface area (Å²) in [5.41, 5.74) is 0. The van der Waals surface area contributed by atoms with Crippen LogP contribution in [0.3, 0.4) is 0 Å². The second kappa shape index (κ2) is 4.42. The minimum atomic E-state index is -2.76. The molecule has 2 atom stereocenters. The van der Waals surface area contributed by atoms with Gasteiger partial charge in [0.25, 0.3) is 0 Å². The van der Waals surface area contributed by atoms with Gasteiger partial charge in [-0.05, 0) is 25.3 Å². The zero-order valence-corrected chi connectivity index (χ0v) is 9.23. The first-order chi connectivity index (χ1) is 6.03. The van der Waals surface area contributed by atoms with E-state index < -0.39 is 9.84 Å². The molecule has 0 spiro atoms. The van der Waals surface area contributed by atoms with Gasteiger partial charge in [-0.3, -0.25) is 0 Å². The third kappa shape index (κ3) is 4.62. The number of rotatable bonds is 6. The lowest BCUT2D eigenvalue weighted by atomic mass is 10.3. The van der Waals surface area contributed by atoms with Crippen LogP contribution in [-0.2, 0) is 9.84 Å². The molecular formula is C9H19NO2S. The summed E-state index contributed by atoms with van der Waals surface area (Å²) in [5, 5.41) is 3.37. The van der Waals surface area contributed by atoms with E-state index in [-0.39, 0.29) is 0 Å². The van der Waals surface area contributed by atoms with Gasteiger partial charge in [0.1, 0.15) is 9.84 Å². The molecule has 0 aromatic carbocycles. The first kappa shape index (κ1) is 11.0. The topological polar surface area (TPSA) is 46.2 Å². The highest BCUT2D eigenvalue weighted by Crippen LogP contribution is 2.32. The Morgan fingerprint density at radius 1 is 1.46 bits per heavy atom. The van der Waals surface area contributed by atoms with Crippen molar-refractivity contribution in [2.24, 2.45) is 5.92 Å². The van der Waals surface area contributed by atoms with Gasteiger partial charge in [-0.2, -0.15) is 0 Å². The average molecular weight is 205 g/mol. The second-order valence-electron chi connectivity index (χ2n) is 3.95. The lowest BCUT2D eigenvalue weighted by Crippen LogP contribution is -2.21. The van der Waals surface area contributed by atoms with Crippen molar-refractivity contribution in [3.05, 3.63) is 0 Å². The molecule has 0 aromatic heterocycles. The molecule has 1 fully saturated rings. The Morgan fingerprint density at radius 3 is 2.62 bits per heavy atom. The molecule has 3 nitrogen and oxygen atoms in total. The first-order valence-corrected chi connectivity index (χ1v) is 7.00. The third-order valence-corrected chi connectivity index (χ3v) is 3.58. The molecule has 1 rings (SSSR count). The lowest BCUT2D eigenvalue weighted by molar-refractivity contribution is 0.587. The summed E-state index contributed by atoms with van der Waals surface area (Å²) in [6.45, 7) is 3.04. The quantitative estimate of drug-likeness (QED) is 0.653. The van der Waals surface area contributed by atoms with Gasteiger partial charge in [-0.15, -0.1) is 0 Å². The van der Waals surface area contributed by atoms with E-state index >= 15 is 0 Å². The Labute approximate surface area is 80.8 Å². The van der Waals surface area contributed by atoms with Crippen LogP contribution in [-0.4, -0.2) is 33.0 Å². The van der Waals surface area contributed by atoms with Gasteiger partial charge in [0.15, 0.2) is 0 Å². The van der Waals surface area contributed by atoms with Crippen molar-refractivity contribution in [1.29, 1.82) is 0 Å². The predicted molar refractivity (Wildman–Crippen MR) is 54.5 cm³/mol. The van der Waals surface area contributed by atoms with Crippen LogP contribution in [0.2, 0.25) is 0 Å². The molecule has 2 unspecified atom stereocenters. The van der Waals surface area contributed by atoms with Crippen LogP contribution in [0.15, 0.2) is 0 Å². The van der Waals surface area contributed by atoms with Crippen molar-refractivity contribution < 1.29 is 8.42 Å². The van der Waals surface area contributed by atoms with Crippen LogP contribution < -0.4 is 5.32 Å². The van der Waals surface area contributed by atoms with Gasteiger partial charge in [-0.25, -0.2) is 8.42 Å². The van der Waals surface area contributed by atoms with E-state index in [0.29, 0.717) is 11.8 Å². The standard InChI is InChI=1S/C9H19NO2S/c1-3-8-7-9(8)10-5-4-6-13(2,11)12/h8-10H,3-7H2,1-2H3. The van der Waals surface area contributed by atoms with E-state index in [1.165, 1.54) is 19.1 Å². The smallest absolute Gasteiger partial charge is 0.147 e. The molecule has 0 saturated heterocycles. The maximum atomic E-state index is 10.8. The van der Waals surface area contributed by atoms with Crippen molar-refractivity contribution in [2.45, 2.75) is 32.2 Å². The van der Waals surface area contributed by atoms with Gasteiger partial charge >= 0.3 is 0 Å². The van der Waals surface area contributed by atoms with Gasteiger partial charge in [0.05, 0.1) is 5.75 Å². The highest BCUT2D eigenvalue weighted by Gasteiger charge is 2.34. The molecule has 78 valence electrons. The molecule has 4 heteroatoms. The van der Waals surface area contributed by atoms with Gasteiger partial charge in [0, 0.05) is 12.3 Å². The molecule has 0 aromatic rings. The summed E-state index contributed by atoms with van der Waals surface area (Å²) in [6, 6.07) is 0.671. The second-order valence-corrected chi connectivity index (χ2v) is 6.21. The van der Waals surface area contributed by atoms with Crippen LogP contribution in [0, 0.1) is 5.92 Å². The summed E-state index contributed by atoms with van der Waals surface area (Å²) in [5.74, 6) is 1.15. The molecule has 0 radical (unpaired) electrons. The van der Waals surface area contributed by atoms with Gasteiger partial charge in [0.2, 0.25) is 0 Å². The van der Waals surface area contributed by atoms with Crippen LogP contribution >= 0.6 is 0 Å². The monoisotopic (exact) mass is 205 g/mol. The zero-order chi connectivity index (χ0) is 9.90. The van der Waals surface area contributed by atoms with E-state index in [4.69, 9.17) is 0 Å². The number of hydrogen-bond acceptors (Lipinski definition) is 3. The number of sulfone groups is 1. The molecule has 1 aliphatic rings. The summed E-state index contributed by atoms with van der Waals surface area (Å²) >= 11 is 0. The Balaban J connectivity index is 1.97. The van der Waals surface area contributed by atoms with Crippen LogP contribution in [0.4, 0.5) is 0 Å². The summed E-state index contributed by atoms with van der Waals surface area (Å²) in [7, 11) is -2.76.